The molecule has 2 aliphatic rings. The highest BCUT2D eigenvalue weighted by atomic mass is 16.2. The molecular weight excluding hydrogens is 364 g/mol. The van der Waals surface area contributed by atoms with E-state index in [0.717, 1.165) is 34.6 Å². The molecule has 6 heteroatoms. The number of ketones is 1. The third-order valence-corrected chi connectivity index (χ3v) is 5.41. The number of nitrogens with one attached hydrogen (secondary N) is 2. The molecule has 0 radical (unpaired) electrons. The van der Waals surface area contributed by atoms with E-state index in [0.29, 0.717) is 18.4 Å². The van der Waals surface area contributed by atoms with Crippen molar-refractivity contribution in [2.24, 2.45) is 0 Å². The van der Waals surface area contributed by atoms with Crippen LogP contribution in [0.3, 0.4) is 0 Å². The summed E-state index contributed by atoms with van der Waals surface area (Å²) in [6.45, 7) is 0. The summed E-state index contributed by atoms with van der Waals surface area (Å²) in [7, 11) is 0. The van der Waals surface area contributed by atoms with Crippen LogP contribution in [0.5, 0.6) is 0 Å². The highest BCUT2D eigenvalue weighted by molar-refractivity contribution is 6.01. The minimum atomic E-state index is -0.515. The Labute approximate surface area is 168 Å². The van der Waals surface area contributed by atoms with Gasteiger partial charge in [-0.2, -0.15) is 5.10 Å². The van der Waals surface area contributed by atoms with Crippen molar-refractivity contribution >= 4 is 11.8 Å². The molecule has 0 spiro atoms. The normalized spacial score (nSPS) is 18.8. The second-order valence-electron chi connectivity index (χ2n) is 7.28. The lowest BCUT2D eigenvalue weighted by atomic mass is 9.85. The van der Waals surface area contributed by atoms with Crippen LogP contribution in [0, 0.1) is 0 Å². The quantitative estimate of drug-likeness (QED) is 0.719. The van der Waals surface area contributed by atoms with E-state index in [2.05, 4.69) is 10.6 Å². The number of nitrogens with zero attached hydrogens (tertiary/aromatic N) is 2. The Hall–Kier alpha value is -3.67. The van der Waals surface area contributed by atoms with Crippen molar-refractivity contribution in [2.75, 3.05) is 0 Å². The number of hydrogen-bond donors (Lipinski definition) is 2. The molecule has 3 aromatic rings. The van der Waals surface area contributed by atoms with Gasteiger partial charge >= 0.3 is 6.03 Å². The summed E-state index contributed by atoms with van der Waals surface area (Å²) in [4.78, 5) is 25.1. The fourth-order valence-electron chi connectivity index (χ4n) is 4.07. The standard InChI is InChI=1S/C23H20N4O2/c28-19-13-7-12-18-20(19)22(25-23(29)24-18)17-14-27(16-10-5-2-6-11-16)26-21(17)15-8-3-1-4-9-15/h1-6,8-11,14,22H,7,12-13H2,(H2,24,25,29). The molecular formula is C23H20N4O2. The molecule has 0 saturated carbocycles. The smallest absolute Gasteiger partial charge is 0.319 e. The zero-order valence-electron chi connectivity index (χ0n) is 15.8. The van der Waals surface area contributed by atoms with Crippen molar-refractivity contribution < 1.29 is 9.59 Å². The van der Waals surface area contributed by atoms with E-state index in [1.54, 1.807) is 4.68 Å². The van der Waals surface area contributed by atoms with Crippen LogP contribution in [0.15, 0.2) is 78.1 Å². The molecule has 1 unspecified atom stereocenters. The first-order valence-electron chi connectivity index (χ1n) is 9.75. The van der Waals surface area contributed by atoms with Crippen LogP contribution in [0.1, 0.15) is 30.9 Å². The van der Waals surface area contributed by atoms with Gasteiger partial charge < -0.3 is 10.6 Å². The van der Waals surface area contributed by atoms with E-state index in [4.69, 9.17) is 5.10 Å². The monoisotopic (exact) mass is 384 g/mol. The molecule has 1 aromatic heterocycles. The molecule has 5 rings (SSSR count). The number of para-hydroxylation sites is 1. The average Bonchev–Trinajstić information content (AvgIpc) is 3.20. The van der Waals surface area contributed by atoms with Gasteiger partial charge in [-0.15, -0.1) is 0 Å². The maximum Gasteiger partial charge on any atom is 0.319 e. The Morgan fingerprint density at radius 1 is 0.931 bits per heavy atom. The van der Waals surface area contributed by atoms with Gasteiger partial charge in [-0.25, -0.2) is 9.48 Å². The Kier molecular flexibility index (Phi) is 4.24. The molecule has 2 amide bonds. The molecule has 0 fully saturated rings. The minimum absolute atomic E-state index is 0.0789. The number of carbonyl (C=O) groups excluding carboxylic acids is 2. The molecule has 29 heavy (non-hydrogen) atoms. The summed E-state index contributed by atoms with van der Waals surface area (Å²) >= 11 is 0. The number of Topliss-reactive ketones (excluding diaryl/α,β-unsaturated/α-hetero) is 1. The summed E-state index contributed by atoms with van der Waals surface area (Å²) in [6, 6.07) is 18.9. The van der Waals surface area contributed by atoms with E-state index < -0.39 is 6.04 Å². The first-order chi connectivity index (χ1) is 14.2. The molecule has 6 nitrogen and oxygen atoms in total. The minimum Gasteiger partial charge on any atom is -0.327 e. The van der Waals surface area contributed by atoms with Gasteiger partial charge in [0.1, 0.15) is 0 Å². The first-order valence-corrected chi connectivity index (χ1v) is 9.75. The number of rotatable bonds is 3. The van der Waals surface area contributed by atoms with E-state index in [1.165, 1.54) is 0 Å². The van der Waals surface area contributed by atoms with Crippen molar-refractivity contribution in [1.82, 2.24) is 20.4 Å². The van der Waals surface area contributed by atoms with Crippen LogP contribution in [-0.4, -0.2) is 21.6 Å². The van der Waals surface area contributed by atoms with Crippen molar-refractivity contribution in [2.45, 2.75) is 25.3 Å². The van der Waals surface area contributed by atoms with Crippen LogP contribution in [-0.2, 0) is 4.79 Å². The second kappa shape index (κ2) is 7.05. The molecule has 1 atom stereocenters. The van der Waals surface area contributed by atoms with Gasteiger partial charge in [0.2, 0.25) is 0 Å². The number of allylic oxidation sites excluding steroid dienone is 1. The van der Waals surface area contributed by atoms with E-state index in [1.807, 2.05) is 66.9 Å². The molecule has 2 aromatic carbocycles. The lowest BCUT2D eigenvalue weighted by Crippen LogP contribution is -2.46. The summed E-state index contributed by atoms with van der Waals surface area (Å²) in [5.41, 5.74) is 4.82. The predicted octanol–water partition coefficient (Wildman–Crippen LogP) is 3.90. The number of amides is 2. The zero-order chi connectivity index (χ0) is 19.8. The van der Waals surface area contributed by atoms with Gasteiger partial charge in [0, 0.05) is 35.0 Å². The maximum atomic E-state index is 12.8. The Morgan fingerprint density at radius 2 is 1.66 bits per heavy atom. The average molecular weight is 384 g/mol. The molecule has 0 saturated heterocycles. The molecule has 144 valence electrons. The first kappa shape index (κ1) is 17.4. The number of carbonyl (C=O) groups is 2. The number of aromatic nitrogens is 2. The van der Waals surface area contributed by atoms with Crippen LogP contribution in [0.25, 0.3) is 16.9 Å². The van der Waals surface area contributed by atoms with Gasteiger partial charge in [-0.05, 0) is 25.0 Å². The Morgan fingerprint density at radius 3 is 2.41 bits per heavy atom. The van der Waals surface area contributed by atoms with Gasteiger partial charge in [0.05, 0.1) is 17.4 Å². The molecule has 1 aliphatic carbocycles. The van der Waals surface area contributed by atoms with Crippen LogP contribution in [0.2, 0.25) is 0 Å². The van der Waals surface area contributed by atoms with Crippen molar-refractivity contribution in [3.05, 3.63) is 83.7 Å². The number of hydrogen-bond acceptors (Lipinski definition) is 3. The number of urea groups is 1. The van der Waals surface area contributed by atoms with Gasteiger partial charge in [0.15, 0.2) is 5.78 Å². The Balaban J connectivity index is 1.70. The van der Waals surface area contributed by atoms with E-state index >= 15 is 0 Å². The number of benzene rings is 2. The topological polar surface area (TPSA) is 76.0 Å². The van der Waals surface area contributed by atoms with Gasteiger partial charge in [-0.3, -0.25) is 4.79 Å². The maximum absolute atomic E-state index is 12.8. The summed E-state index contributed by atoms with van der Waals surface area (Å²) in [5.74, 6) is 0.0789. The fraction of sp³-hybridized carbons (Fsp3) is 0.174. The van der Waals surface area contributed by atoms with E-state index in [9.17, 15) is 9.59 Å². The molecule has 2 N–H and O–H groups in total. The SMILES string of the molecule is O=C1NC2=C(C(=O)CCC2)C(c2cn(-c3ccccc3)nc2-c2ccccc2)N1. The van der Waals surface area contributed by atoms with Crippen molar-refractivity contribution in [3.8, 4) is 16.9 Å². The lowest BCUT2D eigenvalue weighted by Gasteiger charge is -2.32. The highest BCUT2D eigenvalue weighted by Gasteiger charge is 2.36. The molecule has 1 aliphatic heterocycles. The van der Waals surface area contributed by atoms with Gasteiger partial charge in [0.25, 0.3) is 0 Å². The van der Waals surface area contributed by atoms with Gasteiger partial charge in [-0.1, -0.05) is 48.5 Å². The fourth-order valence-corrected chi connectivity index (χ4v) is 4.07. The van der Waals surface area contributed by atoms with Crippen molar-refractivity contribution in [3.63, 3.8) is 0 Å². The second-order valence-corrected chi connectivity index (χ2v) is 7.28. The third kappa shape index (κ3) is 3.12. The van der Waals surface area contributed by atoms with Crippen LogP contribution in [0.4, 0.5) is 4.79 Å². The third-order valence-electron chi connectivity index (χ3n) is 5.41. The summed E-state index contributed by atoms with van der Waals surface area (Å²) in [5, 5.41) is 10.6. The molecule has 0 bridgehead atoms. The van der Waals surface area contributed by atoms with E-state index in [-0.39, 0.29) is 11.8 Å². The summed E-state index contributed by atoms with van der Waals surface area (Å²) < 4.78 is 1.80. The molecule has 2 heterocycles. The zero-order valence-corrected chi connectivity index (χ0v) is 15.8. The van der Waals surface area contributed by atoms with Crippen LogP contribution < -0.4 is 10.6 Å². The van der Waals surface area contributed by atoms with Crippen LogP contribution >= 0.6 is 0 Å². The Bertz CT molecular complexity index is 1120. The highest BCUT2D eigenvalue weighted by Crippen LogP contribution is 2.37. The van der Waals surface area contributed by atoms with Crippen molar-refractivity contribution in [1.29, 1.82) is 0 Å². The largest absolute Gasteiger partial charge is 0.327 e. The summed E-state index contributed by atoms with van der Waals surface area (Å²) in [6.07, 6.45) is 3.89. The predicted molar refractivity (Wildman–Crippen MR) is 109 cm³/mol. The lowest BCUT2D eigenvalue weighted by molar-refractivity contribution is -0.116.